The van der Waals surface area contributed by atoms with Crippen molar-refractivity contribution in [2.45, 2.75) is 13.0 Å². The van der Waals surface area contributed by atoms with Crippen LogP contribution in [0.5, 0.6) is 0 Å². The smallest absolute Gasteiger partial charge is 0.255 e. The molecule has 3 rings (SSSR count). The van der Waals surface area contributed by atoms with Crippen LogP contribution in [-0.4, -0.2) is 18.4 Å². The molecule has 0 radical (unpaired) electrons. The second kappa shape index (κ2) is 9.50. The lowest BCUT2D eigenvalue weighted by Gasteiger charge is -2.15. The Morgan fingerprint density at radius 1 is 0.862 bits per heavy atom. The Hall–Kier alpha value is -3.67. The zero-order chi connectivity index (χ0) is 20.6. The number of carbonyl (C=O) groups is 2. The van der Waals surface area contributed by atoms with Gasteiger partial charge in [0.2, 0.25) is 5.91 Å². The highest BCUT2D eigenvalue weighted by Crippen LogP contribution is 2.14. The molecule has 2 amide bonds. The molecule has 0 saturated heterocycles. The van der Waals surface area contributed by atoms with Crippen molar-refractivity contribution in [3.8, 4) is 0 Å². The fourth-order valence-electron chi connectivity index (χ4n) is 2.77. The van der Waals surface area contributed by atoms with Crippen molar-refractivity contribution in [2.24, 2.45) is 0 Å². The lowest BCUT2D eigenvalue weighted by molar-refractivity contribution is -0.120. The second-order valence-electron chi connectivity index (χ2n) is 6.59. The number of nitrogens with one attached hydrogen (secondary N) is 3. The fraction of sp³-hybridized carbons (Fsp3) is 0.130. The molecule has 148 valence electrons. The SMILES string of the molecule is CC(NC(=O)CNc1ccc(C(=O)Nc2ccccc2)cc1)c1ccc(F)cc1. The summed E-state index contributed by atoms with van der Waals surface area (Å²) in [5.74, 6) is -0.698. The molecule has 3 aromatic carbocycles. The fourth-order valence-corrected chi connectivity index (χ4v) is 2.77. The third kappa shape index (κ3) is 5.90. The summed E-state index contributed by atoms with van der Waals surface area (Å²) in [6.07, 6.45) is 0. The summed E-state index contributed by atoms with van der Waals surface area (Å²) >= 11 is 0. The second-order valence-corrected chi connectivity index (χ2v) is 6.59. The maximum absolute atomic E-state index is 13.0. The van der Waals surface area contributed by atoms with Gasteiger partial charge in [-0.25, -0.2) is 4.39 Å². The van der Waals surface area contributed by atoms with E-state index < -0.39 is 0 Å². The standard InChI is InChI=1S/C23H22FN3O2/c1-16(17-7-11-19(24)12-8-17)26-22(28)15-25-20-13-9-18(10-14-20)23(29)27-21-5-3-2-4-6-21/h2-14,16,25H,15H2,1H3,(H,26,28)(H,27,29). The van der Waals surface area contributed by atoms with Gasteiger partial charge < -0.3 is 16.0 Å². The van der Waals surface area contributed by atoms with Crippen LogP contribution < -0.4 is 16.0 Å². The van der Waals surface area contributed by atoms with Crippen molar-refractivity contribution in [2.75, 3.05) is 17.2 Å². The van der Waals surface area contributed by atoms with Gasteiger partial charge in [0.1, 0.15) is 5.82 Å². The highest BCUT2D eigenvalue weighted by molar-refractivity contribution is 6.04. The minimum atomic E-state index is -0.310. The molecule has 0 aliphatic heterocycles. The van der Waals surface area contributed by atoms with E-state index in [2.05, 4.69) is 16.0 Å². The van der Waals surface area contributed by atoms with Crippen LogP contribution >= 0.6 is 0 Å². The van der Waals surface area contributed by atoms with E-state index in [0.717, 1.165) is 16.9 Å². The molecule has 5 nitrogen and oxygen atoms in total. The van der Waals surface area contributed by atoms with Crippen LogP contribution in [0.2, 0.25) is 0 Å². The monoisotopic (exact) mass is 391 g/mol. The first-order chi connectivity index (χ1) is 14.0. The predicted molar refractivity (Wildman–Crippen MR) is 112 cm³/mol. The number of amides is 2. The average molecular weight is 391 g/mol. The Morgan fingerprint density at radius 2 is 1.52 bits per heavy atom. The third-order valence-corrected chi connectivity index (χ3v) is 4.38. The molecule has 1 unspecified atom stereocenters. The molecular weight excluding hydrogens is 369 g/mol. The molecule has 0 heterocycles. The Balaban J connectivity index is 1.48. The first-order valence-electron chi connectivity index (χ1n) is 9.26. The van der Waals surface area contributed by atoms with Crippen molar-refractivity contribution in [1.82, 2.24) is 5.32 Å². The molecular formula is C23H22FN3O2. The maximum atomic E-state index is 13.0. The van der Waals surface area contributed by atoms with Crippen molar-refractivity contribution in [1.29, 1.82) is 0 Å². The van der Waals surface area contributed by atoms with Crippen LogP contribution in [-0.2, 0) is 4.79 Å². The molecule has 3 aromatic rings. The molecule has 6 heteroatoms. The summed E-state index contributed by atoms with van der Waals surface area (Å²) < 4.78 is 13.0. The number of anilines is 2. The van der Waals surface area contributed by atoms with Gasteiger partial charge in [0.15, 0.2) is 0 Å². The summed E-state index contributed by atoms with van der Waals surface area (Å²) in [6, 6.07) is 21.9. The highest BCUT2D eigenvalue weighted by atomic mass is 19.1. The molecule has 0 aliphatic carbocycles. The highest BCUT2D eigenvalue weighted by Gasteiger charge is 2.10. The minimum absolute atomic E-state index is 0.0844. The van der Waals surface area contributed by atoms with E-state index in [1.165, 1.54) is 12.1 Å². The molecule has 0 saturated carbocycles. The third-order valence-electron chi connectivity index (χ3n) is 4.38. The molecule has 0 aromatic heterocycles. The van der Waals surface area contributed by atoms with Crippen LogP contribution in [0.1, 0.15) is 28.9 Å². The largest absolute Gasteiger partial charge is 0.376 e. The number of para-hydroxylation sites is 1. The van der Waals surface area contributed by atoms with E-state index >= 15 is 0 Å². The summed E-state index contributed by atoms with van der Waals surface area (Å²) in [5, 5.41) is 8.70. The van der Waals surface area contributed by atoms with Gasteiger partial charge >= 0.3 is 0 Å². The van der Waals surface area contributed by atoms with Gasteiger partial charge in [-0.3, -0.25) is 9.59 Å². The normalized spacial score (nSPS) is 11.4. The average Bonchev–Trinajstić information content (AvgIpc) is 2.74. The molecule has 0 bridgehead atoms. The summed E-state index contributed by atoms with van der Waals surface area (Å²) in [7, 11) is 0. The van der Waals surface area contributed by atoms with E-state index in [4.69, 9.17) is 0 Å². The Morgan fingerprint density at radius 3 is 2.17 bits per heavy atom. The zero-order valence-electron chi connectivity index (χ0n) is 16.0. The van der Waals surface area contributed by atoms with Gasteiger partial charge in [0.05, 0.1) is 12.6 Å². The van der Waals surface area contributed by atoms with Gasteiger partial charge in [-0.05, 0) is 61.0 Å². The number of carbonyl (C=O) groups excluding carboxylic acids is 2. The summed E-state index contributed by atoms with van der Waals surface area (Å²) in [6.45, 7) is 1.92. The molecule has 0 fully saturated rings. The van der Waals surface area contributed by atoms with Gasteiger partial charge in [0.25, 0.3) is 5.91 Å². The van der Waals surface area contributed by atoms with Crippen molar-refractivity contribution in [3.05, 3.63) is 95.8 Å². The van der Waals surface area contributed by atoms with E-state index in [9.17, 15) is 14.0 Å². The number of rotatable bonds is 7. The Labute approximate surface area is 169 Å². The lowest BCUT2D eigenvalue weighted by atomic mass is 10.1. The van der Waals surface area contributed by atoms with Crippen molar-refractivity contribution in [3.63, 3.8) is 0 Å². The Kier molecular flexibility index (Phi) is 6.58. The van der Waals surface area contributed by atoms with Gasteiger partial charge in [0, 0.05) is 16.9 Å². The number of benzene rings is 3. The van der Waals surface area contributed by atoms with E-state index in [0.29, 0.717) is 5.56 Å². The van der Waals surface area contributed by atoms with E-state index in [1.807, 2.05) is 37.3 Å². The zero-order valence-corrected chi connectivity index (χ0v) is 16.0. The molecule has 1 atom stereocenters. The van der Waals surface area contributed by atoms with E-state index in [-0.39, 0.29) is 30.2 Å². The minimum Gasteiger partial charge on any atom is -0.376 e. The topological polar surface area (TPSA) is 70.2 Å². The number of hydrogen-bond donors (Lipinski definition) is 3. The quantitative estimate of drug-likeness (QED) is 0.560. The molecule has 29 heavy (non-hydrogen) atoms. The summed E-state index contributed by atoms with van der Waals surface area (Å²) in [4.78, 5) is 24.4. The van der Waals surface area contributed by atoms with Crippen LogP contribution in [0.4, 0.5) is 15.8 Å². The molecule has 3 N–H and O–H groups in total. The number of halogens is 1. The van der Waals surface area contributed by atoms with E-state index in [1.54, 1.807) is 36.4 Å². The predicted octanol–water partition coefficient (Wildman–Crippen LogP) is 4.37. The Bertz CT molecular complexity index is 958. The van der Waals surface area contributed by atoms with Crippen LogP contribution in [0.15, 0.2) is 78.9 Å². The molecule has 0 aliphatic rings. The maximum Gasteiger partial charge on any atom is 0.255 e. The first kappa shape index (κ1) is 20.1. The van der Waals surface area contributed by atoms with Crippen molar-refractivity contribution >= 4 is 23.2 Å². The lowest BCUT2D eigenvalue weighted by Crippen LogP contribution is -2.32. The van der Waals surface area contributed by atoms with Crippen LogP contribution in [0.3, 0.4) is 0 Å². The van der Waals surface area contributed by atoms with Crippen LogP contribution in [0, 0.1) is 5.82 Å². The first-order valence-corrected chi connectivity index (χ1v) is 9.26. The van der Waals surface area contributed by atoms with Gasteiger partial charge in [-0.1, -0.05) is 30.3 Å². The van der Waals surface area contributed by atoms with Gasteiger partial charge in [-0.2, -0.15) is 0 Å². The van der Waals surface area contributed by atoms with Gasteiger partial charge in [-0.15, -0.1) is 0 Å². The van der Waals surface area contributed by atoms with Crippen LogP contribution in [0.25, 0.3) is 0 Å². The van der Waals surface area contributed by atoms with Crippen molar-refractivity contribution < 1.29 is 14.0 Å². The number of hydrogen-bond acceptors (Lipinski definition) is 3. The summed E-state index contributed by atoms with van der Waals surface area (Å²) in [5.41, 5.74) is 2.81. The molecule has 0 spiro atoms.